The molecule has 2 atom stereocenters. The Kier molecular flexibility index (Phi) is 7.44. The molecule has 1 aliphatic heterocycles. The molecule has 1 saturated heterocycles. The molecule has 0 saturated carbocycles. The smallest absolute Gasteiger partial charge is 0.269 e. The summed E-state index contributed by atoms with van der Waals surface area (Å²) in [6.07, 6.45) is -0.242. The summed E-state index contributed by atoms with van der Waals surface area (Å²) in [7, 11) is -3.91. The predicted molar refractivity (Wildman–Crippen MR) is 105 cm³/mol. The van der Waals surface area contributed by atoms with E-state index in [-0.39, 0.29) is 59.0 Å². The molecule has 2 unspecified atom stereocenters. The molecule has 0 aliphatic carbocycles. The Labute approximate surface area is 170 Å². The fourth-order valence-corrected chi connectivity index (χ4v) is 5.02. The standard InChI is InChI=1S/C18H26ClN3O5S/c1-11(2)7-17(23)20-21-18(24)14-5-6-15(19)16(8-14)28(25,26)22-9-12(3)27-13(4)10-22/h5-6,8,11-13H,7,9-10H2,1-4H3,(H,20,23)(H,21,24). The Hall–Kier alpha value is -1.68. The molecule has 0 radical (unpaired) electrons. The van der Waals surface area contributed by atoms with Crippen LogP contribution in [0.4, 0.5) is 0 Å². The topological polar surface area (TPSA) is 105 Å². The lowest BCUT2D eigenvalue weighted by molar-refractivity contribution is -0.122. The number of sulfonamides is 1. The second-order valence-electron chi connectivity index (χ2n) is 7.32. The molecular formula is C18H26ClN3O5S. The van der Waals surface area contributed by atoms with Gasteiger partial charge in [-0.15, -0.1) is 0 Å². The minimum Gasteiger partial charge on any atom is -0.373 e. The van der Waals surface area contributed by atoms with Gasteiger partial charge in [0.2, 0.25) is 15.9 Å². The third kappa shape index (κ3) is 5.66. The van der Waals surface area contributed by atoms with Crippen LogP contribution in [0, 0.1) is 5.92 Å². The van der Waals surface area contributed by atoms with Crippen molar-refractivity contribution in [2.24, 2.45) is 5.92 Å². The SMILES string of the molecule is CC(C)CC(=O)NNC(=O)c1ccc(Cl)c(S(=O)(=O)N2CC(C)OC(C)C2)c1. The van der Waals surface area contributed by atoms with Crippen LogP contribution in [0.15, 0.2) is 23.1 Å². The Morgan fingerprint density at radius 3 is 2.39 bits per heavy atom. The molecule has 1 fully saturated rings. The summed E-state index contributed by atoms with van der Waals surface area (Å²) >= 11 is 6.12. The minimum atomic E-state index is -3.91. The van der Waals surface area contributed by atoms with Crippen LogP contribution in [-0.4, -0.2) is 49.8 Å². The monoisotopic (exact) mass is 431 g/mol. The fourth-order valence-electron chi connectivity index (χ4n) is 2.93. The van der Waals surface area contributed by atoms with Crippen molar-refractivity contribution in [3.8, 4) is 0 Å². The summed E-state index contributed by atoms with van der Waals surface area (Å²) < 4.78 is 33.0. The first kappa shape index (κ1) is 22.6. The number of hydrogen-bond acceptors (Lipinski definition) is 5. The first-order chi connectivity index (χ1) is 13.0. The van der Waals surface area contributed by atoms with E-state index in [1.807, 2.05) is 13.8 Å². The first-order valence-electron chi connectivity index (χ1n) is 9.05. The maximum absolute atomic E-state index is 13.0. The van der Waals surface area contributed by atoms with Gasteiger partial charge in [0, 0.05) is 25.1 Å². The molecule has 2 amide bonds. The number of benzene rings is 1. The Morgan fingerprint density at radius 2 is 1.82 bits per heavy atom. The molecule has 0 aromatic heterocycles. The van der Waals surface area contributed by atoms with E-state index in [1.165, 1.54) is 22.5 Å². The van der Waals surface area contributed by atoms with E-state index in [0.717, 1.165) is 0 Å². The highest BCUT2D eigenvalue weighted by Crippen LogP contribution is 2.28. The van der Waals surface area contributed by atoms with Gasteiger partial charge in [0.05, 0.1) is 17.2 Å². The second-order valence-corrected chi connectivity index (χ2v) is 9.64. The predicted octanol–water partition coefficient (Wildman–Crippen LogP) is 1.94. The fraction of sp³-hybridized carbons (Fsp3) is 0.556. The summed E-state index contributed by atoms with van der Waals surface area (Å²) in [6, 6.07) is 3.97. The van der Waals surface area contributed by atoms with Crippen LogP contribution in [0.25, 0.3) is 0 Å². The van der Waals surface area contributed by atoms with Gasteiger partial charge < -0.3 is 4.74 Å². The molecule has 0 bridgehead atoms. The van der Waals surface area contributed by atoms with E-state index >= 15 is 0 Å². The Balaban J connectivity index is 2.20. The number of hydrogen-bond donors (Lipinski definition) is 2. The van der Waals surface area contributed by atoms with Gasteiger partial charge in [-0.2, -0.15) is 4.31 Å². The van der Waals surface area contributed by atoms with E-state index in [4.69, 9.17) is 16.3 Å². The third-order valence-corrected chi connectivity index (χ3v) is 6.42. The van der Waals surface area contributed by atoms with E-state index in [9.17, 15) is 18.0 Å². The minimum absolute atomic E-state index is 0.0205. The molecule has 28 heavy (non-hydrogen) atoms. The van der Waals surface area contributed by atoms with E-state index < -0.39 is 15.9 Å². The molecular weight excluding hydrogens is 406 g/mol. The van der Waals surface area contributed by atoms with Gasteiger partial charge in [0.25, 0.3) is 5.91 Å². The molecule has 1 aromatic carbocycles. The van der Waals surface area contributed by atoms with Gasteiger partial charge in [-0.05, 0) is 38.0 Å². The lowest BCUT2D eigenvalue weighted by atomic mass is 10.1. The van der Waals surface area contributed by atoms with Gasteiger partial charge in [-0.3, -0.25) is 20.4 Å². The molecule has 1 aliphatic rings. The molecule has 0 spiro atoms. The normalized spacial score (nSPS) is 20.8. The van der Waals surface area contributed by atoms with Crippen molar-refractivity contribution in [2.45, 2.75) is 51.2 Å². The van der Waals surface area contributed by atoms with Gasteiger partial charge in [0.15, 0.2) is 0 Å². The largest absolute Gasteiger partial charge is 0.373 e. The Bertz CT molecular complexity index is 834. The summed E-state index contributed by atoms with van der Waals surface area (Å²) in [5, 5.41) is 0.0205. The average Bonchev–Trinajstić information content (AvgIpc) is 2.58. The summed E-state index contributed by atoms with van der Waals surface area (Å²) in [5.74, 6) is -0.821. The molecule has 1 heterocycles. The lowest BCUT2D eigenvalue weighted by Crippen LogP contribution is -2.48. The number of hydrazine groups is 1. The van der Waals surface area contributed by atoms with Gasteiger partial charge in [-0.1, -0.05) is 25.4 Å². The highest BCUT2D eigenvalue weighted by atomic mass is 35.5. The summed E-state index contributed by atoms with van der Waals surface area (Å²) in [4.78, 5) is 23.8. The van der Waals surface area contributed by atoms with Gasteiger partial charge in [0.1, 0.15) is 4.90 Å². The number of ether oxygens (including phenoxy) is 1. The van der Waals surface area contributed by atoms with Crippen molar-refractivity contribution < 1.29 is 22.7 Å². The van der Waals surface area contributed by atoms with Crippen LogP contribution in [0.5, 0.6) is 0 Å². The van der Waals surface area contributed by atoms with Gasteiger partial charge >= 0.3 is 0 Å². The van der Waals surface area contributed by atoms with Crippen LogP contribution >= 0.6 is 11.6 Å². The number of nitrogens with zero attached hydrogens (tertiary/aromatic N) is 1. The number of carbonyl (C=O) groups is 2. The number of rotatable bonds is 5. The van der Waals surface area contributed by atoms with Gasteiger partial charge in [-0.25, -0.2) is 8.42 Å². The lowest BCUT2D eigenvalue weighted by Gasteiger charge is -2.34. The molecule has 8 nitrogen and oxygen atoms in total. The highest BCUT2D eigenvalue weighted by Gasteiger charge is 2.33. The van der Waals surface area contributed by atoms with Crippen molar-refractivity contribution >= 4 is 33.4 Å². The second kappa shape index (κ2) is 9.21. The molecule has 2 N–H and O–H groups in total. The number of amides is 2. The van der Waals surface area contributed by atoms with Crippen LogP contribution in [-0.2, 0) is 19.6 Å². The summed E-state index contributed by atoms with van der Waals surface area (Å²) in [6.45, 7) is 7.75. The Morgan fingerprint density at radius 1 is 1.21 bits per heavy atom. The summed E-state index contributed by atoms with van der Waals surface area (Å²) in [5.41, 5.74) is 4.67. The van der Waals surface area contributed by atoms with Crippen molar-refractivity contribution in [1.29, 1.82) is 0 Å². The molecule has 1 aromatic rings. The highest BCUT2D eigenvalue weighted by molar-refractivity contribution is 7.89. The van der Waals surface area contributed by atoms with E-state index in [0.29, 0.717) is 0 Å². The molecule has 156 valence electrons. The zero-order valence-electron chi connectivity index (χ0n) is 16.4. The quantitative estimate of drug-likeness (QED) is 0.693. The van der Waals surface area contributed by atoms with Crippen molar-refractivity contribution in [3.05, 3.63) is 28.8 Å². The maximum Gasteiger partial charge on any atom is 0.269 e. The van der Waals surface area contributed by atoms with Crippen molar-refractivity contribution in [1.82, 2.24) is 15.2 Å². The molecule has 2 rings (SSSR count). The first-order valence-corrected chi connectivity index (χ1v) is 10.9. The molecule has 10 heteroatoms. The van der Waals surface area contributed by atoms with Crippen LogP contribution in [0.1, 0.15) is 44.5 Å². The van der Waals surface area contributed by atoms with E-state index in [1.54, 1.807) is 13.8 Å². The van der Waals surface area contributed by atoms with Crippen LogP contribution in [0.3, 0.4) is 0 Å². The average molecular weight is 432 g/mol. The third-order valence-electron chi connectivity index (χ3n) is 4.11. The number of morpholine rings is 1. The number of nitrogens with one attached hydrogen (secondary N) is 2. The van der Waals surface area contributed by atoms with Crippen LogP contribution in [0.2, 0.25) is 5.02 Å². The van der Waals surface area contributed by atoms with E-state index in [2.05, 4.69) is 10.9 Å². The van der Waals surface area contributed by atoms with Crippen molar-refractivity contribution in [3.63, 3.8) is 0 Å². The number of halogens is 1. The van der Waals surface area contributed by atoms with Crippen molar-refractivity contribution in [2.75, 3.05) is 13.1 Å². The number of carbonyl (C=O) groups excluding carboxylic acids is 2. The van der Waals surface area contributed by atoms with Crippen LogP contribution < -0.4 is 10.9 Å². The zero-order chi connectivity index (χ0) is 21.1. The zero-order valence-corrected chi connectivity index (χ0v) is 17.9. The maximum atomic E-state index is 13.0.